The molecule has 22 heavy (non-hydrogen) atoms. The molecule has 0 radical (unpaired) electrons. The van der Waals surface area contributed by atoms with Gasteiger partial charge < -0.3 is 30.6 Å². The Bertz CT molecular complexity index is 794. The van der Waals surface area contributed by atoms with Gasteiger partial charge in [0.05, 0.1) is 12.0 Å². The Balaban J connectivity index is 2.16. The maximum absolute atomic E-state index is 12.1. The van der Waals surface area contributed by atoms with Crippen molar-refractivity contribution in [2.75, 3.05) is 19.4 Å². The lowest BCUT2D eigenvalue weighted by Gasteiger charge is -2.14. The molecule has 0 aromatic carbocycles. The first-order chi connectivity index (χ1) is 10.5. The number of anilines is 1. The SMILES string of the molecule is CNCc1cn(C2C=C(O)C(CO)O2)c2nc(N)[nH]c(=O)c12. The van der Waals surface area contributed by atoms with Crippen molar-refractivity contribution < 1.29 is 14.9 Å². The molecule has 1 aliphatic heterocycles. The predicted octanol–water partition coefficient (Wildman–Crippen LogP) is -0.642. The second-order valence-electron chi connectivity index (χ2n) is 5.03. The summed E-state index contributed by atoms with van der Waals surface area (Å²) in [5, 5.41) is 22.3. The second-order valence-corrected chi connectivity index (χ2v) is 5.03. The number of hydrogen-bond donors (Lipinski definition) is 5. The van der Waals surface area contributed by atoms with Crippen LogP contribution in [0, 0.1) is 0 Å². The minimum atomic E-state index is -0.783. The number of hydrogen-bond acceptors (Lipinski definition) is 7. The van der Waals surface area contributed by atoms with Crippen LogP contribution in [0.3, 0.4) is 0 Å². The van der Waals surface area contributed by atoms with Crippen LogP contribution in [0.25, 0.3) is 11.0 Å². The first kappa shape index (κ1) is 14.6. The van der Waals surface area contributed by atoms with Gasteiger partial charge in [0.15, 0.2) is 11.9 Å². The van der Waals surface area contributed by atoms with Crippen LogP contribution < -0.4 is 16.6 Å². The third-order valence-corrected chi connectivity index (χ3v) is 3.53. The van der Waals surface area contributed by atoms with Gasteiger partial charge in [-0.05, 0) is 12.6 Å². The average molecular weight is 307 g/mol. The predicted molar refractivity (Wildman–Crippen MR) is 79.2 cm³/mol. The third kappa shape index (κ3) is 2.25. The van der Waals surface area contributed by atoms with Crippen molar-refractivity contribution in [3.05, 3.63) is 33.9 Å². The van der Waals surface area contributed by atoms with Crippen molar-refractivity contribution in [3.63, 3.8) is 0 Å². The van der Waals surface area contributed by atoms with Gasteiger partial charge in [-0.15, -0.1) is 0 Å². The molecular weight excluding hydrogens is 290 g/mol. The average Bonchev–Trinajstić information content (AvgIpc) is 3.00. The standard InChI is InChI=1S/C13H17N5O4/c1-15-3-6-4-18(9-2-7(20)8(5-19)22-9)11-10(6)12(21)17-13(14)16-11/h2,4,8-9,15,19-20H,3,5H2,1H3,(H3,14,16,17,21). The lowest BCUT2D eigenvalue weighted by molar-refractivity contribution is -0.0214. The van der Waals surface area contributed by atoms with Gasteiger partial charge in [0, 0.05) is 18.8 Å². The number of nitrogens with one attached hydrogen (secondary N) is 2. The second kappa shape index (κ2) is 5.44. The minimum Gasteiger partial charge on any atom is -0.510 e. The van der Waals surface area contributed by atoms with Crippen LogP contribution in [0.15, 0.2) is 22.8 Å². The minimum absolute atomic E-state index is 0.00207. The molecule has 9 nitrogen and oxygen atoms in total. The molecule has 9 heteroatoms. The van der Waals surface area contributed by atoms with Crippen LogP contribution in [0.1, 0.15) is 11.8 Å². The molecule has 0 bridgehead atoms. The summed E-state index contributed by atoms with van der Waals surface area (Å²) < 4.78 is 7.16. The molecule has 2 unspecified atom stereocenters. The van der Waals surface area contributed by atoms with E-state index in [-0.39, 0.29) is 23.9 Å². The summed E-state index contributed by atoms with van der Waals surface area (Å²) in [4.78, 5) is 18.8. The fourth-order valence-electron chi connectivity index (χ4n) is 2.58. The number of rotatable bonds is 4. The fraction of sp³-hybridized carbons (Fsp3) is 0.385. The summed E-state index contributed by atoms with van der Waals surface area (Å²) in [5.41, 5.74) is 6.37. The molecule has 0 aliphatic carbocycles. The normalized spacial score (nSPS) is 21.5. The Labute approximate surface area is 125 Å². The summed E-state index contributed by atoms with van der Waals surface area (Å²) >= 11 is 0. The van der Waals surface area contributed by atoms with E-state index in [2.05, 4.69) is 15.3 Å². The Kier molecular flexibility index (Phi) is 3.61. The lowest BCUT2D eigenvalue weighted by atomic mass is 10.2. The summed E-state index contributed by atoms with van der Waals surface area (Å²) in [6, 6.07) is 0. The van der Waals surface area contributed by atoms with E-state index in [1.165, 1.54) is 6.08 Å². The highest BCUT2D eigenvalue weighted by Gasteiger charge is 2.29. The Morgan fingerprint density at radius 3 is 3.00 bits per heavy atom. The first-order valence-electron chi connectivity index (χ1n) is 6.76. The number of nitrogen functional groups attached to an aromatic ring is 1. The van der Waals surface area contributed by atoms with Gasteiger partial charge in [0.2, 0.25) is 5.95 Å². The van der Waals surface area contributed by atoms with Gasteiger partial charge in [-0.1, -0.05) is 0 Å². The van der Waals surface area contributed by atoms with E-state index >= 15 is 0 Å². The molecule has 1 aliphatic rings. The van der Waals surface area contributed by atoms with E-state index in [1.807, 2.05) is 0 Å². The zero-order valence-corrected chi connectivity index (χ0v) is 11.9. The van der Waals surface area contributed by atoms with Gasteiger partial charge in [0.1, 0.15) is 11.9 Å². The van der Waals surface area contributed by atoms with Gasteiger partial charge in [-0.25, -0.2) is 0 Å². The number of nitrogens with zero attached hydrogens (tertiary/aromatic N) is 2. The zero-order chi connectivity index (χ0) is 15.9. The zero-order valence-electron chi connectivity index (χ0n) is 11.9. The molecule has 6 N–H and O–H groups in total. The summed E-state index contributed by atoms with van der Waals surface area (Å²) in [6.45, 7) is 0.127. The van der Waals surface area contributed by atoms with Crippen LogP contribution in [0.4, 0.5) is 5.95 Å². The molecule has 2 atom stereocenters. The van der Waals surface area contributed by atoms with Gasteiger partial charge in [0.25, 0.3) is 5.56 Å². The van der Waals surface area contributed by atoms with Crippen LogP contribution >= 0.6 is 0 Å². The molecule has 2 aromatic rings. The molecule has 118 valence electrons. The molecule has 0 fully saturated rings. The van der Waals surface area contributed by atoms with Crippen LogP contribution in [-0.4, -0.2) is 44.5 Å². The summed E-state index contributed by atoms with van der Waals surface area (Å²) in [5.74, 6) is -0.0555. The summed E-state index contributed by atoms with van der Waals surface area (Å²) in [6.07, 6.45) is 1.73. The van der Waals surface area contributed by atoms with Crippen molar-refractivity contribution in [2.24, 2.45) is 0 Å². The largest absolute Gasteiger partial charge is 0.510 e. The van der Waals surface area contributed by atoms with Crippen molar-refractivity contribution >= 4 is 17.0 Å². The molecular formula is C13H17N5O4. The molecule has 0 saturated heterocycles. The van der Waals surface area contributed by atoms with Gasteiger partial charge in [-0.2, -0.15) is 4.98 Å². The smallest absolute Gasteiger partial charge is 0.262 e. The highest BCUT2D eigenvalue weighted by molar-refractivity contribution is 5.80. The lowest BCUT2D eigenvalue weighted by Crippen LogP contribution is -2.18. The Hall–Kier alpha value is -2.36. The number of H-pyrrole nitrogens is 1. The van der Waals surface area contributed by atoms with E-state index in [0.717, 1.165) is 5.56 Å². The summed E-state index contributed by atoms with van der Waals surface area (Å²) in [7, 11) is 1.77. The number of aromatic nitrogens is 3. The van der Waals surface area contributed by atoms with Crippen LogP contribution in [0.2, 0.25) is 0 Å². The van der Waals surface area contributed by atoms with E-state index < -0.39 is 12.3 Å². The third-order valence-electron chi connectivity index (χ3n) is 3.53. The van der Waals surface area contributed by atoms with Gasteiger partial charge in [-0.3, -0.25) is 9.78 Å². The number of aromatic amines is 1. The number of nitrogens with two attached hydrogens (primary N) is 1. The highest BCUT2D eigenvalue weighted by Crippen LogP contribution is 2.29. The van der Waals surface area contributed by atoms with E-state index in [1.54, 1.807) is 17.8 Å². The number of ether oxygens (including phenoxy) is 1. The number of fused-ring (bicyclic) bond motifs is 1. The van der Waals surface area contributed by atoms with Crippen molar-refractivity contribution in [1.82, 2.24) is 19.9 Å². The van der Waals surface area contributed by atoms with Gasteiger partial charge >= 0.3 is 0 Å². The van der Waals surface area contributed by atoms with E-state index in [9.17, 15) is 9.90 Å². The maximum Gasteiger partial charge on any atom is 0.262 e. The molecule has 3 rings (SSSR count). The Morgan fingerprint density at radius 2 is 2.36 bits per heavy atom. The molecule has 0 amide bonds. The number of aliphatic hydroxyl groups excluding tert-OH is 2. The Morgan fingerprint density at radius 1 is 1.59 bits per heavy atom. The van der Waals surface area contributed by atoms with E-state index in [4.69, 9.17) is 15.6 Å². The quantitative estimate of drug-likeness (QED) is 0.506. The highest BCUT2D eigenvalue weighted by atomic mass is 16.5. The molecule has 0 spiro atoms. The monoisotopic (exact) mass is 307 g/mol. The van der Waals surface area contributed by atoms with E-state index in [0.29, 0.717) is 17.6 Å². The first-order valence-corrected chi connectivity index (χ1v) is 6.76. The topological polar surface area (TPSA) is 138 Å². The van der Waals surface area contributed by atoms with Crippen molar-refractivity contribution in [1.29, 1.82) is 0 Å². The number of aliphatic hydroxyl groups is 2. The van der Waals surface area contributed by atoms with Crippen LogP contribution in [-0.2, 0) is 11.3 Å². The maximum atomic E-state index is 12.1. The molecule has 3 heterocycles. The fourth-order valence-corrected chi connectivity index (χ4v) is 2.58. The van der Waals surface area contributed by atoms with Crippen LogP contribution in [0.5, 0.6) is 0 Å². The van der Waals surface area contributed by atoms with Crippen molar-refractivity contribution in [3.8, 4) is 0 Å². The molecule has 2 aromatic heterocycles. The van der Waals surface area contributed by atoms with Crippen molar-refractivity contribution in [2.45, 2.75) is 18.9 Å². The molecule has 0 saturated carbocycles.